The van der Waals surface area contributed by atoms with Crippen molar-refractivity contribution in [3.63, 3.8) is 0 Å². The first-order chi connectivity index (χ1) is 9.63. The Bertz CT molecular complexity index is 579. The fraction of sp³-hybridized carbons (Fsp3) is 0.357. The van der Waals surface area contributed by atoms with Gasteiger partial charge in [-0.15, -0.1) is 11.3 Å². The van der Waals surface area contributed by atoms with Crippen LogP contribution in [0.3, 0.4) is 0 Å². The van der Waals surface area contributed by atoms with Crippen LogP contribution in [0, 0.1) is 0 Å². The lowest BCUT2D eigenvalue weighted by Crippen LogP contribution is -2.26. The zero-order chi connectivity index (χ0) is 14.5. The molecule has 1 atom stereocenters. The van der Waals surface area contributed by atoms with Crippen LogP contribution < -0.4 is 10.6 Å². The maximum Gasteiger partial charge on any atom is 0.253 e. The molecule has 0 radical (unpaired) electrons. The summed E-state index contributed by atoms with van der Waals surface area (Å²) in [5.74, 6) is 0.600. The molecule has 20 heavy (non-hydrogen) atoms. The quantitative estimate of drug-likeness (QED) is 0.888. The van der Waals surface area contributed by atoms with Crippen LogP contribution in [0.1, 0.15) is 40.1 Å². The number of carbonyl (C=O) groups is 1. The number of nitrogens with one attached hydrogen (secondary N) is 2. The standard InChI is InChI=1S/C14H18N4OS/c1-4-11-8-17-14(20-11)9(2)18-13(19)10-5-6-12(15-3)16-7-10/h5-9H,4H2,1-3H3,(H,15,16)(H,18,19). The summed E-state index contributed by atoms with van der Waals surface area (Å²) in [7, 11) is 1.79. The maximum atomic E-state index is 12.1. The molecule has 106 valence electrons. The Hall–Kier alpha value is -1.95. The molecule has 0 saturated carbocycles. The van der Waals surface area contributed by atoms with Crippen molar-refractivity contribution < 1.29 is 4.79 Å². The molecule has 0 fully saturated rings. The third-order valence-electron chi connectivity index (χ3n) is 2.92. The Morgan fingerprint density at radius 3 is 2.70 bits per heavy atom. The molecule has 0 bridgehead atoms. The van der Waals surface area contributed by atoms with Crippen LogP contribution >= 0.6 is 11.3 Å². The summed E-state index contributed by atoms with van der Waals surface area (Å²) in [6, 6.07) is 3.43. The van der Waals surface area contributed by atoms with E-state index in [2.05, 4.69) is 27.5 Å². The topological polar surface area (TPSA) is 66.9 Å². The highest BCUT2D eigenvalue weighted by Gasteiger charge is 2.14. The Balaban J connectivity index is 2.02. The Morgan fingerprint density at radius 2 is 2.15 bits per heavy atom. The molecule has 0 aromatic carbocycles. The molecule has 0 aliphatic heterocycles. The summed E-state index contributed by atoms with van der Waals surface area (Å²) < 4.78 is 0. The zero-order valence-corrected chi connectivity index (χ0v) is 12.6. The minimum Gasteiger partial charge on any atom is -0.373 e. The highest BCUT2D eigenvalue weighted by atomic mass is 32.1. The van der Waals surface area contributed by atoms with Crippen molar-refractivity contribution in [1.82, 2.24) is 15.3 Å². The molecule has 2 aromatic rings. The number of aromatic nitrogens is 2. The molecule has 0 aliphatic rings. The van der Waals surface area contributed by atoms with Gasteiger partial charge in [-0.2, -0.15) is 0 Å². The van der Waals surface area contributed by atoms with Gasteiger partial charge in [-0.1, -0.05) is 6.92 Å². The van der Waals surface area contributed by atoms with E-state index in [4.69, 9.17) is 0 Å². The van der Waals surface area contributed by atoms with Crippen molar-refractivity contribution in [3.8, 4) is 0 Å². The molecule has 0 spiro atoms. The molecule has 0 aliphatic carbocycles. The van der Waals surface area contributed by atoms with Gasteiger partial charge < -0.3 is 10.6 Å². The van der Waals surface area contributed by atoms with Crippen LogP contribution in [-0.2, 0) is 6.42 Å². The van der Waals surface area contributed by atoms with Gasteiger partial charge in [0.15, 0.2) is 0 Å². The van der Waals surface area contributed by atoms with Crippen molar-refractivity contribution in [2.45, 2.75) is 26.3 Å². The van der Waals surface area contributed by atoms with E-state index in [0.29, 0.717) is 5.56 Å². The smallest absolute Gasteiger partial charge is 0.253 e. The summed E-state index contributed by atoms with van der Waals surface area (Å²) >= 11 is 1.63. The van der Waals surface area contributed by atoms with E-state index in [1.54, 1.807) is 36.7 Å². The van der Waals surface area contributed by atoms with Gasteiger partial charge in [0, 0.05) is 24.3 Å². The average Bonchev–Trinajstić information content (AvgIpc) is 2.96. The first-order valence-corrected chi connectivity index (χ1v) is 7.35. The minimum absolute atomic E-state index is 0.100. The summed E-state index contributed by atoms with van der Waals surface area (Å²) in [6.07, 6.45) is 4.40. The van der Waals surface area contributed by atoms with Gasteiger partial charge in [0.1, 0.15) is 10.8 Å². The molecule has 2 aromatic heterocycles. The molecule has 2 heterocycles. The number of anilines is 1. The number of rotatable bonds is 5. The van der Waals surface area contributed by atoms with E-state index in [9.17, 15) is 4.79 Å². The van der Waals surface area contributed by atoms with Crippen LogP contribution in [0.25, 0.3) is 0 Å². The molecule has 1 unspecified atom stereocenters. The molecule has 2 N–H and O–H groups in total. The molecular weight excluding hydrogens is 272 g/mol. The van der Waals surface area contributed by atoms with E-state index >= 15 is 0 Å². The number of pyridine rings is 1. The summed E-state index contributed by atoms with van der Waals surface area (Å²) in [5, 5.41) is 6.78. The lowest BCUT2D eigenvalue weighted by atomic mass is 10.2. The largest absolute Gasteiger partial charge is 0.373 e. The molecule has 2 rings (SSSR count). The van der Waals surface area contributed by atoms with E-state index in [1.807, 2.05) is 13.1 Å². The molecule has 5 nitrogen and oxygen atoms in total. The normalized spacial score (nSPS) is 11.9. The maximum absolute atomic E-state index is 12.1. The van der Waals surface area contributed by atoms with Crippen LogP contribution in [0.15, 0.2) is 24.5 Å². The van der Waals surface area contributed by atoms with E-state index in [-0.39, 0.29) is 11.9 Å². The summed E-state index contributed by atoms with van der Waals surface area (Å²) in [5.41, 5.74) is 0.545. The first-order valence-electron chi connectivity index (χ1n) is 6.53. The minimum atomic E-state index is -0.138. The van der Waals surface area contributed by atoms with Gasteiger partial charge in [0.05, 0.1) is 11.6 Å². The fourth-order valence-corrected chi connectivity index (χ4v) is 2.56. The van der Waals surface area contributed by atoms with Crippen molar-refractivity contribution >= 4 is 23.1 Å². The average molecular weight is 290 g/mol. The highest BCUT2D eigenvalue weighted by molar-refractivity contribution is 7.11. The number of aryl methyl sites for hydroxylation is 1. The molecule has 6 heteroatoms. The zero-order valence-electron chi connectivity index (χ0n) is 11.8. The lowest BCUT2D eigenvalue weighted by molar-refractivity contribution is 0.0939. The van der Waals surface area contributed by atoms with Gasteiger partial charge in [-0.25, -0.2) is 9.97 Å². The van der Waals surface area contributed by atoms with Crippen molar-refractivity contribution in [3.05, 3.63) is 40.0 Å². The second kappa shape index (κ2) is 6.47. The highest BCUT2D eigenvalue weighted by Crippen LogP contribution is 2.20. The predicted molar refractivity (Wildman–Crippen MR) is 81.2 cm³/mol. The second-order valence-corrected chi connectivity index (χ2v) is 5.54. The van der Waals surface area contributed by atoms with E-state index in [1.165, 1.54) is 4.88 Å². The van der Waals surface area contributed by atoms with Crippen molar-refractivity contribution in [1.29, 1.82) is 0 Å². The predicted octanol–water partition coefficient (Wildman–Crippen LogP) is 2.63. The number of carbonyl (C=O) groups excluding carboxylic acids is 1. The number of nitrogens with zero attached hydrogens (tertiary/aromatic N) is 2. The van der Waals surface area contributed by atoms with Gasteiger partial charge in [0.25, 0.3) is 5.91 Å². The Morgan fingerprint density at radius 1 is 1.35 bits per heavy atom. The number of thiazole rings is 1. The monoisotopic (exact) mass is 290 g/mol. The number of hydrogen-bond donors (Lipinski definition) is 2. The van der Waals surface area contributed by atoms with Gasteiger partial charge in [-0.3, -0.25) is 4.79 Å². The first kappa shape index (κ1) is 14.5. The Labute approximate surface area is 122 Å². The van der Waals surface area contributed by atoms with Gasteiger partial charge in [0.2, 0.25) is 0 Å². The van der Waals surface area contributed by atoms with E-state index < -0.39 is 0 Å². The molecule has 0 saturated heterocycles. The number of hydrogen-bond acceptors (Lipinski definition) is 5. The van der Waals surface area contributed by atoms with Crippen molar-refractivity contribution in [2.75, 3.05) is 12.4 Å². The van der Waals surface area contributed by atoms with Crippen LogP contribution in [0.2, 0.25) is 0 Å². The second-order valence-electron chi connectivity index (χ2n) is 4.40. The molecule has 1 amide bonds. The summed E-state index contributed by atoms with van der Waals surface area (Å²) in [6.45, 7) is 4.03. The van der Waals surface area contributed by atoms with Gasteiger partial charge in [-0.05, 0) is 25.5 Å². The van der Waals surface area contributed by atoms with E-state index in [0.717, 1.165) is 17.2 Å². The SMILES string of the molecule is CCc1cnc(C(C)NC(=O)c2ccc(NC)nc2)s1. The molecular formula is C14H18N4OS. The van der Waals surface area contributed by atoms with Crippen molar-refractivity contribution in [2.24, 2.45) is 0 Å². The lowest BCUT2D eigenvalue weighted by Gasteiger charge is -2.11. The number of amides is 1. The Kier molecular flexibility index (Phi) is 4.68. The fourth-order valence-electron chi connectivity index (χ4n) is 1.70. The van der Waals surface area contributed by atoms with Gasteiger partial charge >= 0.3 is 0 Å². The van der Waals surface area contributed by atoms with Crippen LogP contribution in [0.5, 0.6) is 0 Å². The third-order valence-corrected chi connectivity index (χ3v) is 4.24. The third kappa shape index (κ3) is 3.33. The summed E-state index contributed by atoms with van der Waals surface area (Å²) in [4.78, 5) is 21.8. The van der Waals surface area contributed by atoms with Crippen LogP contribution in [-0.4, -0.2) is 22.9 Å². The van der Waals surface area contributed by atoms with Crippen LogP contribution in [0.4, 0.5) is 5.82 Å².